The summed E-state index contributed by atoms with van der Waals surface area (Å²) in [4.78, 5) is 23.9. The van der Waals surface area contributed by atoms with E-state index in [1.165, 1.54) is 12.8 Å². The van der Waals surface area contributed by atoms with E-state index in [0.29, 0.717) is 17.5 Å². The maximum Gasteiger partial charge on any atom is 0.315 e. The number of esters is 1. The largest absolute Gasteiger partial charge is 0.465 e. The van der Waals surface area contributed by atoms with Crippen LogP contribution in [-0.2, 0) is 14.9 Å². The van der Waals surface area contributed by atoms with Crippen LogP contribution in [0.2, 0.25) is 0 Å². The van der Waals surface area contributed by atoms with E-state index in [-0.39, 0.29) is 11.8 Å². The Bertz CT molecular complexity index is 492. The molecule has 0 aromatic heterocycles. The molecule has 0 saturated carbocycles. The summed E-state index contributed by atoms with van der Waals surface area (Å²) < 4.78 is 5.39. The Morgan fingerprint density at radius 1 is 1.09 bits per heavy atom. The first-order chi connectivity index (χ1) is 10.4. The van der Waals surface area contributed by atoms with Gasteiger partial charge in [-0.05, 0) is 25.8 Å². The maximum absolute atomic E-state index is 12.3. The number of ketones is 1. The van der Waals surface area contributed by atoms with Crippen LogP contribution >= 0.6 is 15.9 Å². The van der Waals surface area contributed by atoms with Crippen molar-refractivity contribution < 1.29 is 14.3 Å². The summed E-state index contributed by atoms with van der Waals surface area (Å²) in [6.45, 7) is 6.33. The molecule has 122 valence electrons. The Kier molecular flexibility index (Phi) is 7.80. The number of hydrogen-bond acceptors (Lipinski definition) is 3. The van der Waals surface area contributed by atoms with Crippen LogP contribution in [0.15, 0.2) is 24.3 Å². The molecule has 0 aliphatic rings. The first kappa shape index (κ1) is 18.9. The van der Waals surface area contributed by atoms with Crippen molar-refractivity contribution >= 4 is 27.7 Å². The Hall–Kier alpha value is -1.16. The first-order valence-corrected chi connectivity index (χ1v) is 8.92. The van der Waals surface area contributed by atoms with E-state index in [1.807, 2.05) is 26.0 Å². The third kappa shape index (κ3) is 5.24. The summed E-state index contributed by atoms with van der Waals surface area (Å²) in [5.74, 6) is -0.188. The minimum absolute atomic E-state index is 0.0304. The zero-order chi connectivity index (χ0) is 16.6. The third-order valence-electron chi connectivity index (χ3n) is 3.79. The van der Waals surface area contributed by atoms with Crippen LogP contribution in [0.25, 0.3) is 0 Å². The molecule has 0 aliphatic heterocycles. The number of benzene rings is 1. The summed E-state index contributed by atoms with van der Waals surface area (Å²) >= 11 is 3.16. The van der Waals surface area contributed by atoms with Crippen molar-refractivity contribution in [3.05, 3.63) is 35.4 Å². The van der Waals surface area contributed by atoms with Gasteiger partial charge in [-0.1, -0.05) is 66.4 Å². The summed E-state index contributed by atoms with van der Waals surface area (Å²) in [6.07, 6.45) is 4.34. The zero-order valence-corrected chi connectivity index (χ0v) is 15.2. The fourth-order valence-corrected chi connectivity index (χ4v) is 2.47. The molecule has 1 rings (SSSR count). The zero-order valence-electron chi connectivity index (χ0n) is 13.7. The van der Waals surface area contributed by atoms with Gasteiger partial charge in [0, 0.05) is 5.56 Å². The molecule has 0 fully saturated rings. The summed E-state index contributed by atoms with van der Waals surface area (Å²) in [7, 11) is 0. The van der Waals surface area contributed by atoms with Crippen molar-refractivity contribution in [2.24, 2.45) is 0 Å². The second-order valence-electron chi connectivity index (χ2n) is 5.96. The van der Waals surface area contributed by atoms with Crippen molar-refractivity contribution in [1.29, 1.82) is 0 Å². The van der Waals surface area contributed by atoms with Crippen molar-refractivity contribution in [2.45, 2.75) is 51.9 Å². The van der Waals surface area contributed by atoms with Gasteiger partial charge in [0.2, 0.25) is 0 Å². The molecule has 0 heterocycles. The normalized spacial score (nSPS) is 11.3. The van der Waals surface area contributed by atoms with Crippen molar-refractivity contribution in [2.75, 3.05) is 11.9 Å². The van der Waals surface area contributed by atoms with Gasteiger partial charge in [0.15, 0.2) is 5.78 Å². The Morgan fingerprint density at radius 3 is 2.27 bits per heavy atom. The molecule has 0 radical (unpaired) electrons. The molecule has 22 heavy (non-hydrogen) atoms. The molecule has 0 atom stereocenters. The highest BCUT2D eigenvalue weighted by atomic mass is 79.9. The number of carbonyl (C=O) groups is 2. The number of hydrogen-bond donors (Lipinski definition) is 0. The van der Waals surface area contributed by atoms with Gasteiger partial charge in [-0.3, -0.25) is 9.59 Å². The molecule has 3 nitrogen and oxygen atoms in total. The monoisotopic (exact) mass is 368 g/mol. The Balaban J connectivity index is 2.64. The standard InChI is InChI=1S/C18H25BrO3/c1-4-5-6-7-12-22-17(21)18(2,3)15-10-8-14(9-11-15)16(20)13-19/h8-11H,4-7,12-13H2,1-3H3. The van der Waals surface area contributed by atoms with Crippen molar-refractivity contribution in [3.8, 4) is 0 Å². The number of Topliss-reactive ketones (excluding diaryl/α,β-unsaturated/α-hetero) is 1. The number of halogens is 1. The molecule has 4 heteroatoms. The lowest BCUT2D eigenvalue weighted by Gasteiger charge is -2.23. The quantitative estimate of drug-likeness (QED) is 0.275. The highest BCUT2D eigenvalue weighted by Gasteiger charge is 2.31. The predicted molar refractivity (Wildman–Crippen MR) is 92.7 cm³/mol. The van der Waals surface area contributed by atoms with E-state index in [1.54, 1.807) is 12.1 Å². The number of unbranched alkanes of at least 4 members (excludes halogenated alkanes) is 3. The highest BCUT2D eigenvalue weighted by molar-refractivity contribution is 9.09. The molecule has 0 bridgehead atoms. The van der Waals surface area contributed by atoms with Crippen LogP contribution in [0, 0.1) is 0 Å². The lowest BCUT2D eigenvalue weighted by molar-refractivity contribution is -0.149. The molecular formula is C18H25BrO3. The van der Waals surface area contributed by atoms with E-state index < -0.39 is 5.41 Å². The van der Waals surface area contributed by atoms with Gasteiger partial charge >= 0.3 is 5.97 Å². The smallest absolute Gasteiger partial charge is 0.315 e. The molecule has 0 N–H and O–H groups in total. The molecule has 0 spiro atoms. The minimum atomic E-state index is -0.708. The van der Waals surface area contributed by atoms with Gasteiger partial charge in [-0.25, -0.2) is 0 Å². The summed E-state index contributed by atoms with van der Waals surface area (Å²) in [5, 5.41) is 0.301. The Labute approximate surface area is 141 Å². The van der Waals surface area contributed by atoms with Crippen LogP contribution in [0.4, 0.5) is 0 Å². The van der Waals surface area contributed by atoms with Gasteiger partial charge in [-0.2, -0.15) is 0 Å². The van der Waals surface area contributed by atoms with Crippen LogP contribution in [0.5, 0.6) is 0 Å². The predicted octanol–water partition coefficient (Wildman–Crippen LogP) is 4.67. The minimum Gasteiger partial charge on any atom is -0.465 e. The van der Waals surface area contributed by atoms with E-state index in [9.17, 15) is 9.59 Å². The first-order valence-electron chi connectivity index (χ1n) is 7.80. The second kappa shape index (κ2) is 9.09. The van der Waals surface area contributed by atoms with E-state index in [2.05, 4.69) is 22.9 Å². The maximum atomic E-state index is 12.3. The number of ether oxygens (including phenoxy) is 1. The SMILES string of the molecule is CCCCCCOC(=O)C(C)(C)c1ccc(C(=O)CBr)cc1. The average molecular weight is 369 g/mol. The van der Waals surface area contributed by atoms with Crippen LogP contribution < -0.4 is 0 Å². The molecule has 0 amide bonds. The number of alkyl halides is 1. The third-order valence-corrected chi connectivity index (χ3v) is 4.30. The second-order valence-corrected chi connectivity index (χ2v) is 6.52. The topological polar surface area (TPSA) is 43.4 Å². The van der Waals surface area contributed by atoms with Crippen LogP contribution in [-0.4, -0.2) is 23.7 Å². The van der Waals surface area contributed by atoms with Crippen molar-refractivity contribution in [1.82, 2.24) is 0 Å². The summed E-state index contributed by atoms with van der Waals surface area (Å²) in [6, 6.07) is 7.17. The van der Waals surface area contributed by atoms with Crippen LogP contribution in [0.1, 0.15) is 62.4 Å². The molecule has 0 unspecified atom stereocenters. The van der Waals surface area contributed by atoms with Gasteiger partial charge < -0.3 is 4.74 Å². The van der Waals surface area contributed by atoms with Crippen LogP contribution in [0.3, 0.4) is 0 Å². The molecule has 1 aromatic rings. The molecule has 0 aliphatic carbocycles. The lowest BCUT2D eigenvalue weighted by Crippen LogP contribution is -2.31. The average Bonchev–Trinajstić information content (AvgIpc) is 2.53. The fraction of sp³-hybridized carbons (Fsp3) is 0.556. The molecular weight excluding hydrogens is 344 g/mol. The van der Waals surface area contributed by atoms with Gasteiger partial charge in [0.1, 0.15) is 0 Å². The van der Waals surface area contributed by atoms with E-state index in [4.69, 9.17) is 4.74 Å². The van der Waals surface area contributed by atoms with E-state index in [0.717, 1.165) is 18.4 Å². The van der Waals surface area contributed by atoms with Gasteiger partial charge in [0.25, 0.3) is 0 Å². The lowest BCUT2D eigenvalue weighted by atomic mass is 9.84. The number of carbonyl (C=O) groups excluding carboxylic acids is 2. The van der Waals surface area contributed by atoms with Gasteiger partial charge in [0.05, 0.1) is 17.4 Å². The van der Waals surface area contributed by atoms with E-state index >= 15 is 0 Å². The Morgan fingerprint density at radius 2 is 1.73 bits per heavy atom. The molecule has 1 aromatic carbocycles. The number of rotatable bonds is 9. The van der Waals surface area contributed by atoms with Crippen molar-refractivity contribution in [3.63, 3.8) is 0 Å². The van der Waals surface area contributed by atoms with Gasteiger partial charge in [-0.15, -0.1) is 0 Å². The fourth-order valence-electron chi connectivity index (χ4n) is 2.14. The molecule has 0 saturated heterocycles. The summed E-state index contributed by atoms with van der Waals surface area (Å²) in [5.41, 5.74) is 0.794. The highest BCUT2D eigenvalue weighted by Crippen LogP contribution is 2.25.